The van der Waals surface area contributed by atoms with Crippen LogP contribution in [0.1, 0.15) is 26.7 Å². The van der Waals surface area contributed by atoms with E-state index in [0.717, 1.165) is 21.5 Å². The number of urea groups is 1. The van der Waals surface area contributed by atoms with E-state index in [1.54, 1.807) is 13.8 Å². The molecule has 3 N–H and O–H groups in total. The Morgan fingerprint density at radius 2 is 1.83 bits per heavy atom. The number of anilines is 1. The van der Waals surface area contributed by atoms with Gasteiger partial charge in [0.05, 0.1) is 16.7 Å². The van der Waals surface area contributed by atoms with E-state index in [0.29, 0.717) is 17.9 Å². The number of para-hydroxylation sites is 3. The lowest BCUT2D eigenvalue weighted by Gasteiger charge is -2.16. The summed E-state index contributed by atoms with van der Waals surface area (Å²) in [6.07, 6.45) is 0.569. The number of nitrogens with zero attached hydrogens (tertiary/aromatic N) is 2. The van der Waals surface area contributed by atoms with Crippen molar-refractivity contribution in [1.82, 2.24) is 20.2 Å². The molecule has 8 nitrogen and oxygen atoms in total. The molecule has 0 bridgehead atoms. The van der Waals surface area contributed by atoms with Crippen LogP contribution in [0.4, 0.5) is 10.5 Å². The van der Waals surface area contributed by atoms with E-state index in [-0.39, 0.29) is 24.8 Å². The van der Waals surface area contributed by atoms with Crippen molar-refractivity contribution >= 4 is 34.6 Å². The molecule has 154 valence electrons. The third-order valence-electron chi connectivity index (χ3n) is 5.08. The number of hydrogen-bond acceptors (Lipinski definition) is 4. The van der Waals surface area contributed by atoms with E-state index in [4.69, 9.17) is 0 Å². The summed E-state index contributed by atoms with van der Waals surface area (Å²) >= 11 is 0. The number of nitrogens with one attached hydrogen (secondary N) is 3. The average Bonchev–Trinajstić information content (AvgIpc) is 3.22. The molecule has 0 saturated carbocycles. The Morgan fingerprint density at radius 1 is 1.10 bits per heavy atom. The molecule has 8 heteroatoms. The van der Waals surface area contributed by atoms with Crippen LogP contribution in [-0.2, 0) is 9.59 Å². The summed E-state index contributed by atoms with van der Waals surface area (Å²) in [4.78, 5) is 45.7. The highest BCUT2D eigenvalue weighted by atomic mass is 16.2. The number of carbonyl (C=O) groups excluding carboxylic acids is 3. The van der Waals surface area contributed by atoms with Crippen molar-refractivity contribution in [3.05, 3.63) is 48.5 Å². The summed E-state index contributed by atoms with van der Waals surface area (Å²) in [5.74, 6) is 0.210. The zero-order valence-electron chi connectivity index (χ0n) is 16.9. The number of aromatic amines is 1. The van der Waals surface area contributed by atoms with Gasteiger partial charge in [-0.25, -0.2) is 9.78 Å². The van der Waals surface area contributed by atoms with Gasteiger partial charge in [0.2, 0.25) is 5.91 Å². The van der Waals surface area contributed by atoms with Crippen molar-refractivity contribution in [3.63, 3.8) is 0 Å². The topological polar surface area (TPSA) is 107 Å². The Balaban J connectivity index is 1.41. The van der Waals surface area contributed by atoms with Gasteiger partial charge in [-0.1, -0.05) is 24.3 Å². The Kier molecular flexibility index (Phi) is 4.99. The predicted octanol–water partition coefficient (Wildman–Crippen LogP) is 3.28. The number of imide groups is 1. The fraction of sp³-hybridized carbons (Fsp3) is 0.273. The summed E-state index contributed by atoms with van der Waals surface area (Å²) in [7, 11) is 0. The predicted molar refractivity (Wildman–Crippen MR) is 114 cm³/mol. The van der Waals surface area contributed by atoms with Crippen molar-refractivity contribution in [2.45, 2.75) is 32.2 Å². The van der Waals surface area contributed by atoms with Crippen molar-refractivity contribution in [2.24, 2.45) is 0 Å². The van der Waals surface area contributed by atoms with E-state index in [9.17, 15) is 14.4 Å². The standard InChI is InChI=1S/C22H23N5O3/c1-22(2)20(29)27(21(30)26-22)13-7-12-18(28)23-15-9-4-3-8-14(15)19-24-16-10-5-6-11-17(16)25-19/h3-6,8-11H,7,12-13H2,1-2H3,(H,23,28)(H,24,25)(H,26,30). The molecule has 0 aliphatic carbocycles. The van der Waals surface area contributed by atoms with Crippen molar-refractivity contribution in [1.29, 1.82) is 0 Å². The number of aromatic nitrogens is 2. The molecule has 1 fully saturated rings. The van der Waals surface area contributed by atoms with E-state index in [2.05, 4.69) is 20.6 Å². The van der Waals surface area contributed by atoms with Crippen molar-refractivity contribution in [3.8, 4) is 11.4 Å². The van der Waals surface area contributed by atoms with Gasteiger partial charge in [0.15, 0.2) is 0 Å². The molecule has 1 aliphatic heterocycles. The van der Waals surface area contributed by atoms with Gasteiger partial charge >= 0.3 is 6.03 Å². The molecular formula is C22H23N5O3. The summed E-state index contributed by atoms with van der Waals surface area (Å²) in [6, 6.07) is 14.8. The van der Waals surface area contributed by atoms with Gasteiger partial charge in [0.1, 0.15) is 11.4 Å². The molecule has 0 radical (unpaired) electrons. The first-order valence-corrected chi connectivity index (χ1v) is 9.83. The smallest absolute Gasteiger partial charge is 0.325 e. The minimum Gasteiger partial charge on any atom is -0.338 e. The Bertz CT molecular complexity index is 1100. The molecule has 0 unspecified atom stereocenters. The van der Waals surface area contributed by atoms with E-state index < -0.39 is 11.6 Å². The molecule has 2 aromatic carbocycles. The van der Waals surface area contributed by atoms with Gasteiger partial charge in [-0.3, -0.25) is 14.5 Å². The minimum atomic E-state index is -0.898. The van der Waals surface area contributed by atoms with E-state index in [1.165, 1.54) is 0 Å². The van der Waals surface area contributed by atoms with Gasteiger partial charge in [0.25, 0.3) is 5.91 Å². The molecule has 3 aromatic rings. The monoisotopic (exact) mass is 405 g/mol. The Hall–Kier alpha value is -3.68. The van der Waals surface area contributed by atoms with Crippen LogP contribution in [0.25, 0.3) is 22.4 Å². The molecule has 30 heavy (non-hydrogen) atoms. The van der Waals surface area contributed by atoms with Crippen LogP contribution in [0, 0.1) is 0 Å². The van der Waals surface area contributed by atoms with Crippen molar-refractivity contribution in [2.75, 3.05) is 11.9 Å². The van der Waals surface area contributed by atoms with Crippen molar-refractivity contribution < 1.29 is 14.4 Å². The minimum absolute atomic E-state index is 0.186. The molecule has 2 heterocycles. The number of hydrogen-bond donors (Lipinski definition) is 3. The van der Waals surface area contributed by atoms with Gasteiger partial charge < -0.3 is 15.6 Å². The third-order valence-corrected chi connectivity index (χ3v) is 5.08. The largest absolute Gasteiger partial charge is 0.338 e. The first kappa shape index (κ1) is 19.6. The van der Waals surface area contributed by atoms with Crippen LogP contribution in [0.2, 0.25) is 0 Å². The first-order valence-electron chi connectivity index (χ1n) is 9.83. The zero-order chi connectivity index (χ0) is 21.3. The number of fused-ring (bicyclic) bond motifs is 1. The van der Waals surface area contributed by atoms with Crippen LogP contribution < -0.4 is 10.6 Å². The normalized spacial score (nSPS) is 15.5. The maximum atomic E-state index is 12.5. The molecular weight excluding hydrogens is 382 g/mol. The number of amides is 4. The van der Waals surface area contributed by atoms with Gasteiger partial charge in [-0.2, -0.15) is 0 Å². The van der Waals surface area contributed by atoms with Gasteiger partial charge in [-0.05, 0) is 44.5 Å². The number of carbonyl (C=O) groups is 3. The Morgan fingerprint density at radius 3 is 2.57 bits per heavy atom. The second kappa shape index (κ2) is 7.62. The van der Waals surface area contributed by atoms with Gasteiger partial charge in [-0.15, -0.1) is 0 Å². The molecule has 1 saturated heterocycles. The molecule has 0 atom stereocenters. The number of rotatable bonds is 6. The van der Waals surface area contributed by atoms with Crippen LogP contribution in [0.3, 0.4) is 0 Å². The van der Waals surface area contributed by atoms with E-state index in [1.807, 2.05) is 48.5 Å². The Labute approximate surface area is 173 Å². The summed E-state index contributed by atoms with van der Waals surface area (Å²) in [5, 5.41) is 5.55. The maximum absolute atomic E-state index is 12.5. The fourth-order valence-electron chi connectivity index (χ4n) is 3.51. The highest BCUT2D eigenvalue weighted by Crippen LogP contribution is 2.27. The quantitative estimate of drug-likeness (QED) is 0.547. The summed E-state index contributed by atoms with van der Waals surface area (Å²) < 4.78 is 0. The van der Waals surface area contributed by atoms with Crippen LogP contribution >= 0.6 is 0 Å². The lowest BCUT2D eigenvalue weighted by molar-refractivity contribution is -0.130. The molecule has 4 amide bonds. The third kappa shape index (κ3) is 3.76. The molecule has 4 rings (SSSR count). The van der Waals surface area contributed by atoms with E-state index >= 15 is 0 Å². The molecule has 1 aromatic heterocycles. The zero-order valence-corrected chi connectivity index (χ0v) is 16.9. The lowest BCUT2D eigenvalue weighted by Crippen LogP contribution is -2.40. The second-order valence-corrected chi connectivity index (χ2v) is 7.81. The highest BCUT2D eigenvalue weighted by molar-refractivity contribution is 6.06. The van der Waals surface area contributed by atoms with Crippen LogP contribution in [0.5, 0.6) is 0 Å². The van der Waals surface area contributed by atoms with Crippen LogP contribution in [-0.4, -0.2) is 44.8 Å². The summed E-state index contributed by atoms with van der Waals surface area (Å²) in [6.45, 7) is 3.52. The number of benzene rings is 2. The summed E-state index contributed by atoms with van der Waals surface area (Å²) in [5.41, 5.74) is 2.32. The molecule has 1 aliphatic rings. The molecule has 0 spiro atoms. The second-order valence-electron chi connectivity index (χ2n) is 7.81. The average molecular weight is 405 g/mol. The number of H-pyrrole nitrogens is 1. The maximum Gasteiger partial charge on any atom is 0.325 e. The van der Waals surface area contributed by atoms with Crippen LogP contribution in [0.15, 0.2) is 48.5 Å². The fourth-order valence-corrected chi connectivity index (χ4v) is 3.51. The van der Waals surface area contributed by atoms with Gasteiger partial charge in [0, 0.05) is 18.5 Å². The lowest BCUT2D eigenvalue weighted by atomic mass is 10.1. The highest BCUT2D eigenvalue weighted by Gasteiger charge is 2.43. The SMILES string of the molecule is CC1(C)NC(=O)N(CCCC(=O)Nc2ccccc2-c2nc3ccccc3[nH]2)C1=O. The first-order chi connectivity index (χ1) is 14.3. The number of imidazole rings is 1.